The number of aromatic amines is 1. The average molecular weight is 507 g/mol. The predicted molar refractivity (Wildman–Crippen MR) is 142 cm³/mol. The van der Waals surface area contributed by atoms with Crippen LogP contribution in [0.2, 0.25) is 0 Å². The number of H-pyrrole nitrogens is 1. The van der Waals surface area contributed by atoms with E-state index in [-0.39, 0.29) is 5.82 Å². The summed E-state index contributed by atoms with van der Waals surface area (Å²) < 4.78 is 20.8. The topological polar surface area (TPSA) is 60.5 Å². The quantitative estimate of drug-likeness (QED) is 0.431. The highest BCUT2D eigenvalue weighted by molar-refractivity contribution is 7.18. The van der Waals surface area contributed by atoms with Crippen LogP contribution in [0.25, 0.3) is 32.5 Å². The van der Waals surface area contributed by atoms with Gasteiger partial charge in [0.2, 0.25) is 0 Å². The summed E-state index contributed by atoms with van der Waals surface area (Å²) in [5.74, 6) is -0.253. The second-order valence-electron chi connectivity index (χ2n) is 10.1. The molecule has 6 heterocycles. The number of hydrogen-bond acceptors (Lipinski definition) is 7. The zero-order chi connectivity index (χ0) is 24.1. The van der Waals surface area contributed by atoms with Crippen molar-refractivity contribution in [2.75, 3.05) is 57.4 Å². The number of pyridine rings is 1. The van der Waals surface area contributed by atoms with Crippen LogP contribution in [0.3, 0.4) is 0 Å². The first kappa shape index (κ1) is 22.6. The molecule has 0 unspecified atom stereocenters. The number of hydrogen-bond donors (Lipinski definition) is 1. The van der Waals surface area contributed by atoms with Gasteiger partial charge in [0.15, 0.2) is 0 Å². The highest BCUT2D eigenvalue weighted by atomic mass is 32.1. The fourth-order valence-corrected chi connectivity index (χ4v) is 6.88. The Balaban J connectivity index is 1.24. The molecule has 7 nitrogen and oxygen atoms in total. The van der Waals surface area contributed by atoms with E-state index in [0.29, 0.717) is 24.5 Å². The summed E-state index contributed by atoms with van der Waals surface area (Å²) in [6.45, 7) is 8.61. The highest BCUT2D eigenvalue weighted by Crippen LogP contribution is 2.37. The van der Waals surface area contributed by atoms with E-state index in [1.165, 1.54) is 38.4 Å². The standard InChI is InChI=1S/C27H31FN6OS/c28-20-2-3-21-19(4-7-29-21)25(20)22-16-23(34-12-14-35-15-13-34)26-27(30-22)36-24(31-26)17-32-10-5-18(6-11-32)33-8-1-9-33/h2-4,7,16,18,29H,1,5-6,8-15,17H2. The Bertz CT molecular complexity index is 1380. The number of nitrogens with zero attached hydrogens (tertiary/aromatic N) is 5. The lowest BCUT2D eigenvalue weighted by Crippen LogP contribution is -2.50. The van der Waals surface area contributed by atoms with E-state index in [2.05, 4.69) is 19.7 Å². The van der Waals surface area contributed by atoms with Gasteiger partial charge in [0.25, 0.3) is 0 Å². The summed E-state index contributed by atoms with van der Waals surface area (Å²) in [5, 5.41) is 1.94. The molecule has 0 spiro atoms. The van der Waals surface area contributed by atoms with Gasteiger partial charge in [-0.3, -0.25) is 4.90 Å². The van der Waals surface area contributed by atoms with E-state index in [1.807, 2.05) is 18.3 Å². The molecule has 7 rings (SSSR count). The largest absolute Gasteiger partial charge is 0.378 e. The number of halogens is 1. The zero-order valence-electron chi connectivity index (χ0n) is 20.4. The molecule has 9 heteroatoms. The van der Waals surface area contributed by atoms with Crippen LogP contribution in [0.5, 0.6) is 0 Å². The fourth-order valence-electron chi connectivity index (χ4n) is 5.89. The minimum absolute atomic E-state index is 0.253. The Morgan fingerprint density at radius 2 is 1.86 bits per heavy atom. The molecule has 188 valence electrons. The molecular weight excluding hydrogens is 475 g/mol. The number of benzene rings is 1. The minimum atomic E-state index is -0.253. The van der Waals surface area contributed by atoms with E-state index >= 15 is 4.39 Å². The van der Waals surface area contributed by atoms with Gasteiger partial charge in [-0.15, -0.1) is 0 Å². The van der Waals surface area contributed by atoms with Gasteiger partial charge in [0.05, 0.1) is 31.1 Å². The summed E-state index contributed by atoms with van der Waals surface area (Å²) >= 11 is 1.65. The molecule has 36 heavy (non-hydrogen) atoms. The lowest BCUT2D eigenvalue weighted by atomic mass is 10.00. The number of nitrogens with one attached hydrogen (secondary N) is 1. The van der Waals surface area contributed by atoms with Crippen LogP contribution in [-0.4, -0.2) is 83.3 Å². The number of morpholine rings is 1. The number of aromatic nitrogens is 3. The lowest BCUT2D eigenvalue weighted by Gasteiger charge is -2.42. The Morgan fingerprint density at radius 3 is 2.64 bits per heavy atom. The third kappa shape index (κ3) is 4.08. The molecular formula is C27H31FN6OS. The van der Waals surface area contributed by atoms with E-state index in [9.17, 15) is 0 Å². The van der Waals surface area contributed by atoms with Gasteiger partial charge >= 0.3 is 0 Å². The molecule has 3 aliphatic rings. The summed E-state index contributed by atoms with van der Waals surface area (Å²) in [6, 6.07) is 8.02. The van der Waals surface area contributed by atoms with Crippen LogP contribution in [0, 0.1) is 5.82 Å². The highest BCUT2D eigenvalue weighted by Gasteiger charge is 2.28. The second-order valence-corrected chi connectivity index (χ2v) is 11.2. The van der Waals surface area contributed by atoms with Crippen LogP contribution < -0.4 is 4.90 Å². The van der Waals surface area contributed by atoms with E-state index in [4.69, 9.17) is 14.7 Å². The summed E-state index contributed by atoms with van der Waals surface area (Å²) in [7, 11) is 0. The Kier molecular flexibility index (Phi) is 5.88. The van der Waals surface area contributed by atoms with Crippen LogP contribution in [0.4, 0.5) is 10.1 Å². The fraction of sp³-hybridized carbons (Fsp3) is 0.481. The minimum Gasteiger partial charge on any atom is -0.378 e. The number of ether oxygens (including phenoxy) is 1. The number of piperidine rings is 1. The molecule has 3 aliphatic heterocycles. The smallest absolute Gasteiger partial charge is 0.146 e. The lowest BCUT2D eigenvalue weighted by molar-refractivity contribution is 0.0612. The molecule has 4 aromatic rings. The SMILES string of the molecule is Fc1ccc2[nH]ccc2c1-c1cc(N2CCOCC2)c2nc(CN3CCC(N4CCC4)CC3)sc2n1. The first-order chi connectivity index (χ1) is 17.7. The molecule has 0 atom stereocenters. The molecule has 0 aliphatic carbocycles. The molecule has 0 saturated carbocycles. The molecule has 3 saturated heterocycles. The molecule has 0 radical (unpaired) electrons. The van der Waals surface area contributed by atoms with Crippen molar-refractivity contribution in [1.82, 2.24) is 24.8 Å². The van der Waals surface area contributed by atoms with Gasteiger partial charge in [0.1, 0.15) is 21.2 Å². The molecule has 1 N–H and O–H groups in total. The maximum absolute atomic E-state index is 15.2. The van der Waals surface area contributed by atoms with Crippen LogP contribution >= 0.6 is 11.3 Å². The van der Waals surface area contributed by atoms with Crippen LogP contribution in [0.15, 0.2) is 30.5 Å². The first-order valence-electron chi connectivity index (χ1n) is 13.1. The average Bonchev–Trinajstić information content (AvgIpc) is 3.50. The van der Waals surface area contributed by atoms with Gasteiger partial charge in [-0.25, -0.2) is 14.4 Å². The van der Waals surface area contributed by atoms with Gasteiger partial charge in [0, 0.05) is 54.9 Å². The van der Waals surface area contributed by atoms with Gasteiger partial charge < -0.3 is 19.5 Å². The first-order valence-corrected chi connectivity index (χ1v) is 13.9. The molecule has 3 aromatic heterocycles. The van der Waals surface area contributed by atoms with Gasteiger partial charge in [-0.1, -0.05) is 11.3 Å². The zero-order valence-corrected chi connectivity index (χ0v) is 21.2. The molecule has 3 fully saturated rings. The van der Waals surface area contributed by atoms with Crippen LogP contribution in [-0.2, 0) is 11.3 Å². The Labute approximate surface area is 213 Å². The van der Waals surface area contributed by atoms with Crippen molar-refractivity contribution in [3.05, 3.63) is 41.3 Å². The predicted octanol–water partition coefficient (Wildman–Crippen LogP) is 4.49. The normalized spacial score (nSPS) is 20.4. The molecule has 0 amide bonds. The monoisotopic (exact) mass is 506 g/mol. The van der Waals surface area contributed by atoms with E-state index in [1.54, 1.807) is 17.4 Å². The van der Waals surface area contributed by atoms with E-state index < -0.39 is 0 Å². The van der Waals surface area contributed by atoms with Crippen molar-refractivity contribution < 1.29 is 9.13 Å². The number of thiazole rings is 1. The number of anilines is 1. The van der Waals surface area contributed by atoms with Gasteiger partial charge in [-0.05, 0) is 56.6 Å². The maximum atomic E-state index is 15.2. The van der Waals surface area contributed by atoms with E-state index in [0.717, 1.165) is 70.7 Å². The maximum Gasteiger partial charge on any atom is 0.146 e. The molecule has 0 bridgehead atoms. The third-order valence-corrected chi connectivity index (χ3v) is 8.94. The van der Waals surface area contributed by atoms with Crippen molar-refractivity contribution in [1.29, 1.82) is 0 Å². The summed E-state index contributed by atoms with van der Waals surface area (Å²) in [4.78, 5) is 21.6. The van der Waals surface area contributed by atoms with Crippen molar-refractivity contribution in [3.63, 3.8) is 0 Å². The van der Waals surface area contributed by atoms with Crippen molar-refractivity contribution in [3.8, 4) is 11.3 Å². The second kappa shape index (κ2) is 9.37. The molecule has 1 aromatic carbocycles. The summed E-state index contributed by atoms with van der Waals surface area (Å²) in [6.07, 6.45) is 5.69. The van der Waals surface area contributed by atoms with Crippen molar-refractivity contribution in [2.24, 2.45) is 0 Å². The van der Waals surface area contributed by atoms with Crippen LogP contribution in [0.1, 0.15) is 24.3 Å². The van der Waals surface area contributed by atoms with Crippen molar-refractivity contribution in [2.45, 2.75) is 31.8 Å². The number of fused-ring (bicyclic) bond motifs is 2. The number of rotatable bonds is 5. The summed E-state index contributed by atoms with van der Waals surface area (Å²) in [5.41, 5.74) is 4.08. The number of likely N-dealkylation sites (tertiary alicyclic amines) is 2. The Morgan fingerprint density at radius 1 is 1.03 bits per heavy atom. The third-order valence-electron chi connectivity index (χ3n) is 8.01. The van der Waals surface area contributed by atoms with Gasteiger partial charge in [-0.2, -0.15) is 0 Å². The Hall–Kier alpha value is -2.59. The van der Waals surface area contributed by atoms with Crippen molar-refractivity contribution >= 4 is 38.3 Å².